The molecule has 11 nitrogen and oxygen atoms in total. The zero-order chi connectivity index (χ0) is 19.7. The van der Waals surface area contributed by atoms with E-state index in [0.717, 1.165) is 0 Å². The summed E-state index contributed by atoms with van der Waals surface area (Å²) >= 11 is 0. The number of aliphatic hydroxyl groups is 3. The van der Waals surface area contributed by atoms with Crippen molar-refractivity contribution >= 4 is 18.0 Å². The number of hydrogen-bond acceptors (Lipinski definition) is 8. The van der Waals surface area contributed by atoms with Crippen LogP contribution in [0.25, 0.3) is 0 Å². The standard InChI is InChI=1S/C15H26N2O9/c1-8(19)17-11-13(23)12(22)9(7-18)25-14(11)26-15(24)16-6-4-2-3-5-10(20)21/h9,11-14,18,22-23H,2-7H2,1H3,(H,16,24)(H,17,19)(H,20,21)/t9-,11-,12-,13-,14-/m1/s1. The summed E-state index contributed by atoms with van der Waals surface area (Å²) in [7, 11) is 0. The van der Waals surface area contributed by atoms with Crippen molar-refractivity contribution in [2.24, 2.45) is 0 Å². The lowest BCUT2D eigenvalue weighted by Gasteiger charge is -2.41. The second kappa shape index (κ2) is 10.9. The Morgan fingerprint density at radius 3 is 2.38 bits per heavy atom. The van der Waals surface area contributed by atoms with Gasteiger partial charge in [-0.25, -0.2) is 4.79 Å². The highest BCUT2D eigenvalue weighted by Crippen LogP contribution is 2.22. The number of aliphatic carboxylic acids is 1. The van der Waals surface area contributed by atoms with Crippen molar-refractivity contribution in [1.82, 2.24) is 10.6 Å². The maximum Gasteiger partial charge on any atom is 0.409 e. The maximum atomic E-state index is 11.8. The van der Waals surface area contributed by atoms with Crippen LogP contribution in [0.4, 0.5) is 4.79 Å². The molecule has 0 unspecified atom stereocenters. The smallest absolute Gasteiger partial charge is 0.409 e. The molecule has 11 heteroatoms. The third kappa shape index (κ3) is 7.12. The number of hydrogen-bond donors (Lipinski definition) is 6. The number of carboxylic acids is 1. The number of carbonyl (C=O) groups is 3. The number of unbranched alkanes of at least 4 members (excludes halogenated alkanes) is 2. The van der Waals surface area contributed by atoms with Gasteiger partial charge in [-0.15, -0.1) is 0 Å². The molecular weight excluding hydrogens is 352 g/mol. The minimum atomic E-state index is -1.50. The molecule has 1 fully saturated rings. The molecule has 26 heavy (non-hydrogen) atoms. The van der Waals surface area contributed by atoms with Gasteiger partial charge in [-0.3, -0.25) is 9.59 Å². The van der Waals surface area contributed by atoms with E-state index in [1.165, 1.54) is 6.92 Å². The predicted molar refractivity (Wildman–Crippen MR) is 86.0 cm³/mol. The minimum absolute atomic E-state index is 0.0571. The highest BCUT2D eigenvalue weighted by atomic mass is 16.7. The molecule has 150 valence electrons. The molecule has 1 heterocycles. The zero-order valence-electron chi connectivity index (χ0n) is 14.5. The largest absolute Gasteiger partial charge is 0.481 e. The van der Waals surface area contributed by atoms with Gasteiger partial charge in [0.05, 0.1) is 6.61 Å². The van der Waals surface area contributed by atoms with Crippen LogP contribution in [0.2, 0.25) is 0 Å². The van der Waals surface area contributed by atoms with Crippen molar-refractivity contribution in [1.29, 1.82) is 0 Å². The van der Waals surface area contributed by atoms with E-state index in [0.29, 0.717) is 19.3 Å². The van der Waals surface area contributed by atoms with Crippen molar-refractivity contribution in [3.8, 4) is 0 Å². The quantitative estimate of drug-likeness (QED) is 0.255. The first-order valence-corrected chi connectivity index (χ1v) is 8.32. The summed E-state index contributed by atoms with van der Waals surface area (Å²) in [5.41, 5.74) is 0. The Morgan fingerprint density at radius 1 is 1.12 bits per heavy atom. The van der Waals surface area contributed by atoms with Gasteiger partial charge in [0, 0.05) is 19.9 Å². The molecule has 0 radical (unpaired) electrons. The molecule has 1 aliphatic heterocycles. The van der Waals surface area contributed by atoms with Gasteiger partial charge in [0.25, 0.3) is 0 Å². The predicted octanol–water partition coefficient (Wildman–Crippen LogP) is -1.70. The molecule has 6 N–H and O–H groups in total. The fourth-order valence-corrected chi connectivity index (χ4v) is 2.49. The summed E-state index contributed by atoms with van der Waals surface area (Å²) in [4.78, 5) is 33.5. The van der Waals surface area contributed by atoms with E-state index in [2.05, 4.69) is 10.6 Å². The lowest BCUT2D eigenvalue weighted by molar-refractivity contribution is -0.252. The van der Waals surface area contributed by atoms with Gasteiger partial charge in [0.1, 0.15) is 24.4 Å². The maximum absolute atomic E-state index is 11.8. The first-order valence-electron chi connectivity index (χ1n) is 8.32. The molecule has 0 aromatic carbocycles. The van der Waals surface area contributed by atoms with Gasteiger partial charge in [0.2, 0.25) is 12.2 Å². The summed E-state index contributed by atoms with van der Waals surface area (Å²) in [6.07, 6.45) is -4.71. The monoisotopic (exact) mass is 378 g/mol. The highest BCUT2D eigenvalue weighted by Gasteiger charge is 2.46. The second-order valence-corrected chi connectivity index (χ2v) is 5.97. The molecule has 0 aromatic rings. The third-order valence-corrected chi connectivity index (χ3v) is 3.81. The van der Waals surface area contributed by atoms with Crippen LogP contribution in [-0.2, 0) is 19.1 Å². The molecule has 0 aromatic heterocycles. The van der Waals surface area contributed by atoms with Gasteiger partial charge < -0.3 is 40.5 Å². The topological polar surface area (TPSA) is 175 Å². The molecule has 1 saturated heterocycles. The lowest BCUT2D eigenvalue weighted by Crippen LogP contribution is -2.65. The fourth-order valence-electron chi connectivity index (χ4n) is 2.49. The van der Waals surface area contributed by atoms with Crippen LogP contribution < -0.4 is 10.6 Å². The van der Waals surface area contributed by atoms with Gasteiger partial charge >= 0.3 is 12.1 Å². The third-order valence-electron chi connectivity index (χ3n) is 3.81. The fraction of sp³-hybridized carbons (Fsp3) is 0.800. The molecule has 0 saturated carbocycles. The van der Waals surface area contributed by atoms with Crippen LogP contribution in [0.3, 0.4) is 0 Å². The Hall–Kier alpha value is -1.95. The van der Waals surface area contributed by atoms with Gasteiger partial charge in [-0.05, 0) is 12.8 Å². The Bertz CT molecular complexity index is 488. The van der Waals surface area contributed by atoms with Gasteiger partial charge in [-0.2, -0.15) is 0 Å². The van der Waals surface area contributed by atoms with Crippen LogP contribution in [0, 0.1) is 0 Å². The minimum Gasteiger partial charge on any atom is -0.481 e. The normalized spacial score (nSPS) is 28.2. The van der Waals surface area contributed by atoms with Crippen LogP contribution >= 0.6 is 0 Å². The molecule has 0 aliphatic carbocycles. The average Bonchev–Trinajstić information content (AvgIpc) is 2.56. The summed E-state index contributed by atoms with van der Waals surface area (Å²) in [5.74, 6) is -1.41. The summed E-state index contributed by atoms with van der Waals surface area (Å²) in [6.45, 7) is 0.812. The molecular formula is C15H26N2O9. The van der Waals surface area contributed by atoms with Crippen LogP contribution in [0.5, 0.6) is 0 Å². The lowest BCUT2D eigenvalue weighted by atomic mass is 9.97. The molecule has 5 atom stereocenters. The molecule has 1 rings (SSSR count). The summed E-state index contributed by atoms with van der Waals surface area (Å²) in [6, 6.07) is -1.20. The number of carboxylic acid groups (broad SMARTS) is 1. The molecule has 0 bridgehead atoms. The van der Waals surface area contributed by atoms with E-state index >= 15 is 0 Å². The van der Waals surface area contributed by atoms with Crippen molar-refractivity contribution in [3.05, 3.63) is 0 Å². The van der Waals surface area contributed by atoms with Gasteiger partial charge in [0.15, 0.2) is 0 Å². The van der Waals surface area contributed by atoms with E-state index in [1.807, 2.05) is 0 Å². The van der Waals surface area contributed by atoms with E-state index < -0.39 is 55.2 Å². The summed E-state index contributed by atoms with van der Waals surface area (Å²) < 4.78 is 10.3. The molecule has 0 spiro atoms. The van der Waals surface area contributed by atoms with E-state index in [1.54, 1.807) is 0 Å². The molecule has 2 amide bonds. The number of ether oxygens (including phenoxy) is 2. The van der Waals surface area contributed by atoms with Crippen LogP contribution in [0.1, 0.15) is 32.6 Å². The molecule has 1 aliphatic rings. The van der Waals surface area contributed by atoms with E-state index in [4.69, 9.17) is 14.6 Å². The number of nitrogens with one attached hydrogen (secondary N) is 2. The Balaban J connectivity index is 2.50. The number of amides is 2. The Labute approximate surface area is 150 Å². The van der Waals surface area contributed by atoms with Crippen molar-refractivity contribution in [2.75, 3.05) is 13.2 Å². The first kappa shape index (κ1) is 22.1. The van der Waals surface area contributed by atoms with Crippen LogP contribution in [-0.4, -0.2) is 82.2 Å². The second-order valence-electron chi connectivity index (χ2n) is 5.97. The van der Waals surface area contributed by atoms with Crippen LogP contribution in [0.15, 0.2) is 0 Å². The summed E-state index contributed by atoms with van der Waals surface area (Å²) in [5, 5.41) is 42.4. The average molecular weight is 378 g/mol. The number of carbonyl (C=O) groups excluding carboxylic acids is 2. The SMILES string of the molecule is CC(=O)N[C@H]1[C@@H](OC(=O)NCCCCCC(=O)O)O[C@H](CO)[C@@H](O)[C@@H]1O. The van der Waals surface area contributed by atoms with Crippen molar-refractivity contribution < 1.29 is 44.3 Å². The first-order chi connectivity index (χ1) is 12.3. The van der Waals surface area contributed by atoms with E-state index in [9.17, 15) is 29.7 Å². The Morgan fingerprint density at radius 2 is 1.81 bits per heavy atom. The zero-order valence-corrected chi connectivity index (χ0v) is 14.5. The number of rotatable bonds is 9. The number of aliphatic hydroxyl groups excluding tert-OH is 3. The Kier molecular flexibility index (Phi) is 9.27. The van der Waals surface area contributed by atoms with E-state index in [-0.39, 0.29) is 13.0 Å². The van der Waals surface area contributed by atoms with Crippen molar-refractivity contribution in [2.45, 2.75) is 63.3 Å². The van der Waals surface area contributed by atoms with Crippen molar-refractivity contribution in [3.63, 3.8) is 0 Å². The number of alkyl carbamates (subject to hydrolysis) is 1. The highest BCUT2D eigenvalue weighted by molar-refractivity contribution is 5.73. The van der Waals surface area contributed by atoms with Gasteiger partial charge in [-0.1, -0.05) is 6.42 Å².